The Morgan fingerprint density at radius 1 is 0.821 bits per heavy atom. The number of aliphatic hydroxyl groups is 2. The van der Waals surface area contributed by atoms with Crippen LogP contribution in [0.4, 0.5) is 5.82 Å². The molecule has 0 amide bonds. The Hall–Kier alpha value is -4.85. The van der Waals surface area contributed by atoms with E-state index in [2.05, 4.69) is 56.3 Å². The van der Waals surface area contributed by atoms with Crippen molar-refractivity contribution in [1.82, 2.24) is 34.7 Å². The van der Waals surface area contributed by atoms with Gasteiger partial charge in [0.1, 0.15) is 5.52 Å². The molecule has 3 aromatic heterocycles. The average Bonchev–Trinajstić information content (AvgIpc) is 4.23. The number of hydrogen-bond donors (Lipinski definition) is 7. The molecular weight excluding hydrogens is 901 g/mol. The molecule has 356 valence electrons. The number of halogens is 2. The second-order valence-electron chi connectivity index (χ2n) is 19.4. The van der Waals surface area contributed by atoms with E-state index in [0.717, 1.165) is 77.9 Å². The lowest BCUT2D eigenvalue weighted by molar-refractivity contribution is -0.189. The summed E-state index contributed by atoms with van der Waals surface area (Å²) in [5, 5.41) is 45.5. The Bertz CT molecular complexity index is 2740. The molecule has 4 bridgehead atoms. The molecule has 19 heteroatoms. The van der Waals surface area contributed by atoms with E-state index in [0.29, 0.717) is 48.7 Å². The summed E-state index contributed by atoms with van der Waals surface area (Å²) in [7, 11) is 1.39. The normalized spacial score (nSPS) is 32.6. The van der Waals surface area contributed by atoms with Gasteiger partial charge in [-0.2, -0.15) is 0 Å². The number of ketones is 1. The van der Waals surface area contributed by atoms with Crippen LogP contribution in [0, 0.1) is 0 Å². The number of rotatable bonds is 3. The Morgan fingerprint density at radius 2 is 1.37 bits per heavy atom. The number of nitrogens with two attached hydrogens (primary N) is 1. The van der Waals surface area contributed by atoms with Gasteiger partial charge in [0.05, 0.1) is 52.9 Å². The molecule has 15 rings (SSSR count). The molecule has 8 N–H and O–H groups in total. The van der Waals surface area contributed by atoms with Crippen molar-refractivity contribution in [2.24, 2.45) is 5.84 Å². The fourth-order valence-electron chi connectivity index (χ4n) is 13.8. The van der Waals surface area contributed by atoms with E-state index in [4.69, 9.17) is 15.3 Å². The summed E-state index contributed by atoms with van der Waals surface area (Å²) in [6, 6.07) is 8.70. The van der Waals surface area contributed by atoms with E-state index in [-0.39, 0.29) is 55.3 Å². The van der Waals surface area contributed by atoms with Crippen LogP contribution in [-0.2, 0) is 39.2 Å². The third-order valence-electron chi connectivity index (χ3n) is 16.6. The first-order valence-electron chi connectivity index (χ1n) is 22.7. The van der Waals surface area contributed by atoms with Crippen LogP contribution in [0.5, 0.6) is 23.0 Å². The maximum absolute atomic E-state index is 12.7. The van der Waals surface area contributed by atoms with Crippen LogP contribution < -0.4 is 20.7 Å². The van der Waals surface area contributed by atoms with Crippen LogP contribution in [0.2, 0.25) is 0 Å². The molecular formula is C48H57Cl2N9O8. The molecule has 2 saturated heterocycles. The SMILES string of the molecule is C.COCl.Cl.NNc1cnccn1.O=C1CC[C@@]2(O)C3Cc4ccc(O)c5c4[C@@]2(CCN3C2CC2)C1O5.Oc1ccc2c3c1OC1c4[nH]c5nccnc5c4C[C@@]4(O)C(C2)N(C2CC2)CC[C@]314. The summed E-state index contributed by atoms with van der Waals surface area (Å²) >= 11 is 4.50. The molecule has 8 atom stereocenters. The first-order chi connectivity index (χ1) is 31.5. The van der Waals surface area contributed by atoms with Gasteiger partial charge >= 0.3 is 0 Å². The van der Waals surface area contributed by atoms with Gasteiger partial charge in [-0.1, -0.05) is 19.6 Å². The van der Waals surface area contributed by atoms with Gasteiger partial charge in [-0.3, -0.25) is 28.9 Å². The van der Waals surface area contributed by atoms with Crippen molar-refractivity contribution in [3.63, 3.8) is 0 Å². The fourth-order valence-corrected chi connectivity index (χ4v) is 13.8. The van der Waals surface area contributed by atoms with Gasteiger partial charge in [-0.25, -0.2) is 15.8 Å². The average molecular weight is 959 g/mol. The number of benzene rings is 2. The molecule has 7 heterocycles. The van der Waals surface area contributed by atoms with Crippen molar-refractivity contribution in [2.45, 2.75) is 136 Å². The Kier molecular flexibility index (Phi) is 11.2. The summed E-state index contributed by atoms with van der Waals surface area (Å²) in [6.07, 6.45) is 16.5. The minimum atomic E-state index is -0.968. The molecule has 3 saturated carbocycles. The molecule has 2 aromatic carbocycles. The lowest BCUT2D eigenvalue weighted by Crippen LogP contribution is -2.76. The van der Waals surface area contributed by atoms with Crippen molar-refractivity contribution >= 4 is 47.0 Å². The molecule has 6 aliphatic carbocycles. The first kappa shape index (κ1) is 45.9. The van der Waals surface area contributed by atoms with Crippen LogP contribution in [0.15, 0.2) is 55.2 Å². The highest BCUT2D eigenvalue weighted by molar-refractivity contribution is 6.07. The van der Waals surface area contributed by atoms with Gasteiger partial charge < -0.3 is 40.3 Å². The zero-order valence-corrected chi connectivity index (χ0v) is 37.9. The van der Waals surface area contributed by atoms with Crippen LogP contribution in [-0.4, -0.2) is 123 Å². The lowest BCUT2D eigenvalue weighted by atomic mass is 9.49. The number of aromatic amines is 1. The molecule has 4 unspecified atom stereocenters. The largest absolute Gasteiger partial charge is 0.504 e. The third kappa shape index (κ3) is 6.24. The summed E-state index contributed by atoms with van der Waals surface area (Å²) in [6.45, 7) is 1.86. The second-order valence-corrected chi connectivity index (χ2v) is 19.7. The van der Waals surface area contributed by atoms with E-state index in [1.807, 2.05) is 12.1 Å². The maximum Gasteiger partial charge on any atom is 0.174 e. The number of H-pyrrole nitrogens is 1. The van der Waals surface area contributed by atoms with E-state index in [1.54, 1.807) is 43.1 Å². The lowest BCUT2D eigenvalue weighted by Gasteiger charge is -2.62. The molecule has 17 nitrogen and oxygen atoms in total. The smallest absolute Gasteiger partial charge is 0.174 e. The number of ether oxygens (including phenoxy) is 2. The van der Waals surface area contributed by atoms with Gasteiger partial charge in [0, 0.05) is 78.5 Å². The molecule has 2 spiro atoms. The van der Waals surface area contributed by atoms with Crippen molar-refractivity contribution in [2.75, 3.05) is 25.6 Å². The molecule has 67 heavy (non-hydrogen) atoms. The molecule has 0 radical (unpaired) electrons. The van der Waals surface area contributed by atoms with Crippen molar-refractivity contribution in [1.29, 1.82) is 0 Å². The van der Waals surface area contributed by atoms with Crippen LogP contribution in [0.1, 0.15) is 98.4 Å². The molecule has 5 fully saturated rings. The number of nitrogens with one attached hydrogen (secondary N) is 2. The maximum atomic E-state index is 12.7. The van der Waals surface area contributed by atoms with E-state index < -0.39 is 28.1 Å². The minimum Gasteiger partial charge on any atom is -0.504 e. The number of carbonyl (C=O) groups excluding carboxylic acids is 1. The molecule has 4 aliphatic heterocycles. The number of phenols is 2. The number of phenolic OH excluding ortho intramolecular Hbond substituents is 2. The summed E-state index contributed by atoms with van der Waals surface area (Å²) in [5.74, 6) is 6.91. The highest BCUT2D eigenvalue weighted by atomic mass is 35.5. The van der Waals surface area contributed by atoms with Crippen molar-refractivity contribution in [3.05, 3.63) is 88.8 Å². The highest BCUT2D eigenvalue weighted by Crippen LogP contribution is 2.70. The quantitative estimate of drug-likeness (QED) is 0.0931. The Morgan fingerprint density at radius 3 is 1.93 bits per heavy atom. The van der Waals surface area contributed by atoms with Gasteiger partial charge in [-0.05, 0) is 94.1 Å². The number of fused-ring (bicyclic) bond motifs is 4. The summed E-state index contributed by atoms with van der Waals surface area (Å²) < 4.78 is 16.3. The second kappa shape index (κ2) is 16.4. The fraction of sp³-hybridized carbons (Fsp3) is 0.521. The number of hydrogen-bond acceptors (Lipinski definition) is 16. The Labute approximate surface area is 399 Å². The number of nitrogens with zero attached hydrogens (tertiary/aromatic N) is 6. The summed E-state index contributed by atoms with van der Waals surface area (Å²) in [4.78, 5) is 37.8. The van der Waals surface area contributed by atoms with Crippen molar-refractivity contribution in [3.8, 4) is 23.0 Å². The van der Waals surface area contributed by atoms with Crippen LogP contribution in [0.3, 0.4) is 0 Å². The van der Waals surface area contributed by atoms with Crippen LogP contribution >= 0.6 is 24.3 Å². The van der Waals surface area contributed by atoms with Crippen LogP contribution in [0.25, 0.3) is 11.2 Å². The van der Waals surface area contributed by atoms with Crippen molar-refractivity contribution < 1.29 is 39.0 Å². The standard InChI is InChI=1S/C23H22N4O3.C19H21NO4.C4H6N4.CH3ClO.CH4.ClH/c28-14-4-1-11-9-15-23(29)10-13-17(26-21-18(13)24-6-7-25-21)20-22(23,16(11)19(14)30-20)5-8-27(15)12-2-3-12;21-12-4-1-10-9-14-19(23)6-5-13(22)17-18(19,15(10)16(12)24-17)7-8-20(14)11-2-3-11;5-8-4-3-6-1-2-7-4;1-3-2;;/h1,4,6-7,12,15,20,28-29H,2-3,5,8-10H2,(H,25,26);1,4,11,14,17,21,23H,2-3,5-9H2;1-3H,5H2,(H,7,8);1H3;1H4;1H/t15?,20?,22-,23+;14?,17?,18-,19+;;;;/m00..../s1. The minimum absolute atomic E-state index is 0. The number of anilines is 1. The summed E-state index contributed by atoms with van der Waals surface area (Å²) in [5.41, 5.74) is 7.07. The monoisotopic (exact) mass is 957 g/mol. The van der Waals surface area contributed by atoms with E-state index in [1.165, 1.54) is 38.4 Å². The first-order valence-corrected chi connectivity index (χ1v) is 23.1. The topological polar surface area (TPSA) is 238 Å². The zero-order chi connectivity index (χ0) is 44.6. The van der Waals surface area contributed by atoms with Gasteiger partial charge in [0.2, 0.25) is 0 Å². The molecule has 5 aromatic rings. The predicted molar refractivity (Wildman–Crippen MR) is 249 cm³/mol. The highest BCUT2D eigenvalue weighted by Gasteiger charge is 2.75. The number of hydrazine groups is 1. The Balaban J connectivity index is 0.000000127. The number of piperidine rings is 2. The van der Waals surface area contributed by atoms with E-state index in [9.17, 15) is 25.2 Å². The number of aromatic nitrogens is 5. The van der Waals surface area contributed by atoms with Gasteiger partial charge in [0.15, 0.2) is 52.5 Å². The third-order valence-corrected chi connectivity index (χ3v) is 16.6. The number of aromatic hydroxyl groups is 2. The number of likely N-dealkylation sites (tertiary alicyclic amines) is 2. The number of Topliss-reactive ketones (excluding diaryl/α,β-unsaturated/α-hetero) is 1. The zero-order valence-electron chi connectivity index (χ0n) is 36.3. The number of nitrogen functional groups attached to an aromatic ring is 1. The predicted octanol–water partition coefficient (Wildman–Crippen LogP) is 5.00. The number of carbonyl (C=O) groups is 1. The molecule has 10 aliphatic rings. The van der Waals surface area contributed by atoms with Gasteiger partial charge in [-0.15, -0.1) is 12.4 Å². The van der Waals surface area contributed by atoms with Gasteiger partial charge in [0.25, 0.3) is 0 Å². The van der Waals surface area contributed by atoms with E-state index >= 15 is 0 Å².